The molecule has 1 rings (SSSR count). The zero-order valence-corrected chi connectivity index (χ0v) is 13.4. The average Bonchev–Trinajstić information content (AvgIpc) is 2.72. The monoisotopic (exact) mass is 403 g/mol. The van der Waals surface area contributed by atoms with Crippen LogP contribution >= 0.6 is 0 Å². The highest BCUT2D eigenvalue weighted by Crippen LogP contribution is 2.27. The predicted molar refractivity (Wildman–Crippen MR) is 70.2 cm³/mol. The van der Waals surface area contributed by atoms with Gasteiger partial charge in [0.05, 0.1) is 0 Å². The number of nitrogens with zero attached hydrogens (tertiary/aromatic N) is 2. The zero-order chi connectivity index (χ0) is 19.4. The average molecular weight is 403 g/mol. The molecule has 0 saturated heterocycles. The fraction of sp³-hybridized carbons (Fsp3) is 0.444. The molecule has 140 valence electrons. The summed E-state index contributed by atoms with van der Waals surface area (Å²) in [6.07, 6.45) is 6.42. The Kier molecular flexibility index (Phi) is 7.01. The van der Waals surface area contributed by atoms with Crippen molar-refractivity contribution in [2.45, 2.75) is 17.4 Å². The van der Waals surface area contributed by atoms with Gasteiger partial charge >= 0.3 is 31.1 Å². The lowest BCUT2D eigenvalue weighted by molar-refractivity contribution is -0.0476. The summed E-state index contributed by atoms with van der Waals surface area (Å²) in [5.41, 5.74) is -12.3. The fourth-order valence-corrected chi connectivity index (χ4v) is 2.87. The lowest BCUT2D eigenvalue weighted by Crippen LogP contribution is -2.45. The minimum absolute atomic E-state index is 0.493. The largest absolute Gasteiger partial charge is 0.512 e. The summed E-state index contributed by atoms with van der Waals surface area (Å²) >= 11 is 0. The maximum absolute atomic E-state index is 11.5. The van der Waals surface area contributed by atoms with E-state index in [1.807, 2.05) is 23.9 Å². The smallest absolute Gasteiger partial charge is 0.338 e. The first kappa shape index (κ1) is 22.4. The predicted octanol–water partition coefficient (Wildman–Crippen LogP) is 1.42. The molecule has 24 heavy (non-hydrogen) atoms. The Balaban J connectivity index is 0.000000496. The van der Waals surface area contributed by atoms with Crippen molar-refractivity contribution in [3.8, 4) is 0 Å². The number of hydrogen-bond donors (Lipinski definition) is 1. The number of nitrogens with one attached hydrogen (secondary N) is 1. The van der Waals surface area contributed by atoms with Gasteiger partial charge in [0.15, 0.2) is 0 Å². The molecule has 0 saturated carbocycles. The van der Waals surface area contributed by atoms with E-state index in [4.69, 9.17) is 0 Å². The molecule has 1 aromatic rings. The van der Waals surface area contributed by atoms with Gasteiger partial charge in [-0.25, -0.2) is 21.8 Å². The van der Waals surface area contributed by atoms with Gasteiger partial charge in [-0.1, -0.05) is 10.2 Å². The van der Waals surface area contributed by atoms with Crippen LogP contribution in [0.5, 0.6) is 0 Å². The second-order valence-corrected chi connectivity index (χ2v) is 7.54. The summed E-state index contributed by atoms with van der Waals surface area (Å²) in [7, 11) is -11.2. The number of sulfonamides is 2. The summed E-state index contributed by atoms with van der Waals surface area (Å²) in [5.74, 6) is 1.06. The molecule has 1 heterocycles. The van der Waals surface area contributed by atoms with Crippen LogP contribution in [-0.2, 0) is 33.5 Å². The molecule has 15 heteroatoms. The van der Waals surface area contributed by atoms with E-state index in [0.717, 1.165) is 12.2 Å². The van der Waals surface area contributed by atoms with E-state index >= 15 is 0 Å². The van der Waals surface area contributed by atoms with E-state index in [1.165, 1.54) is 0 Å². The third-order valence-corrected chi connectivity index (χ3v) is 5.05. The van der Waals surface area contributed by atoms with Crippen molar-refractivity contribution in [2.75, 3.05) is 0 Å². The van der Waals surface area contributed by atoms with Crippen molar-refractivity contribution >= 4 is 20.0 Å². The molecule has 0 amide bonds. The Morgan fingerprint density at radius 1 is 1.12 bits per heavy atom. The lowest BCUT2D eigenvalue weighted by atomic mass is 10.4. The van der Waals surface area contributed by atoms with Gasteiger partial charge in [0.25, 0.3) is 0 Å². The summed E-state index contributed by atoms with van der Waals surface area (Å²) in [6, 6.07) is 0. The maximum Gasteiger partial charge on any atom is 0.512 e. The molecule has 0 aliphatic heterocycles. The molecule has 0 atom stereocenters. The fourth-order valence-electron chi connectivity index (χ4n) is 0.961. The molecule has 0 bridgehead atoms. The van der Waals surface area contributed by atoms with E-state index in [1.54, 1.807) is 6.20 Å². The number of imidazole rings is 1. The van der Waals surface area contributed by atoms with Crippen LogP contribution in [0.15, 0.2) is 25.0 Å². The second-order valence-electron chi connectivity index (χ2n) is 3.93. The molecule has 0 spiro atoms. The first-order valence-corrected chi connectivity index (χ1v) is 8.50. The van der Waals surface area contributed by atoms with Gasteiger partial charge in [-0.2, -0.15) is 26.3 Å². The van der Waals surface area contributed by atoms with Gasteiger partial charge in [-0.3, -0.25) is 0 Å². The molecule has 0 unspecified atom stereocenters. The van der Waals surface area contributed by atoms with Gasteiger partial charge in [0.2, 0.25) is 0 Å². The lowest BCUT2D eigenvalue weighted by Gasteiger charge is -2.11. The molecule has 7 nitrogen and oxygen atoms in total. The third kappa shape index (κ3) is 6.12. The highest BCUT2D eigenvalue weighted by molar-refractivity contribution is 8.05. The zero-order valence-electron chi connectivity index (χ0n) is 11.8. The van der Waals surface area contributed by atoms with Crippen LogP contribution in [-0.4, -0.2) is 37.4 Å². The number of aryl methyl sites for hydroxylation is 1. The van der Waals surface area contributed by atoms with Gasteiger partial charge in [0, 0.05) is 25.9 Å². The molecular formula is C9H11F6N3O4S2. The highest BCUT2D eigenvalue weighted by Gasteiger charge is 2.55. The van der Waals surface area contributed by atoms with E-state index in [0.29, 0.717) is 0 Å². The second kappa shape index (κ2) is 7.52. The van der Waals surface area contributed by atoms with Crippen molar-refractivity contribution < 1.29 is 43.2 Å². The van der Waals surface area contributed by atoms with Crippen LogP contribution in [0.2, 0.25) is 0 Å². The minimum atomic E-state index is -6.60. The topological polar surface area (TPSA) is 98.1 Å². The minimum Gasteiger partial charge on any atom is -0.338 e. The summed E-state index contributed by atoms with van der Waals surface area (Å²) in [4.78, 5) is 4.10. The van der Waals surface area contributed by atoms with Crippen LogP contribution in [0.25, 0.3) is 0 Å². The number of allylic oxidation sites excluding steroid dienone is 1. The molecule has 1 N–H and O–H groups in total. The first-order chi connectivity index (χ1) is 10.5. The molecular weight excluding hydrogens is 392 g/mol. The van der Waals surface area contributed by atoms with Crippen LogP contribution < -0.4 is 4.13 Å². The Hall–Kier alpha value is -1.61. The SMILES string of the molecule is C=CCc1nccn1C.O=S(=O)(NS(=O)(=O)C(F)(F)F)C(F)(F)F. The van der Waals surface area contributed by atoms with Gasteiger partial charge in [0.1, 0.15) is 5.82 Å². The molecule has 0 aromatic carbocycles. The van der Waals surface area contributed by atoms with Crippen molar-refractivity contribution in [1.29, 1.82) is 0 Å². The number of aromatic nitrogens is 2. The Morgan fingerprint density at radius 2 is 1.54 bits per heavy atom. The third-order valence-electron chi connectivity index (χ3n) is 2.08. The Morgan fingerprint density at radius 3 is 1.79 bits per heavy atom. The standard InChI is InChI=1S/C7H10N2.C2HF6NO4S2/c1-3-4-7-8-5-6-9(7)2;3-1(4,5)14(10,11)9-15(12,13)2(6,7)8/h3,5-6H,1,4H2,2H3;9H. The number of rotatable bonds is 4. The molecule has 0 aliphatic rings. The highest BCUT2D eigenvalue weighted by atomic mass is 32.3. The van der Waals surface area contributed by atoms with E-state index in [-0.39, 0.29) is 0 Å². The van der Waals surface area contributed by atoms with Gasteiger partial charge < -0.3 is 4.57 Å². The van der Waals surface area contributed by atoms with Crippen LogP contribution in [0.1, 0.15) is 5.82 Å². The first-order valence-electron chi connectivity index (χ1n) is 5.53. The summed E-state index contributed by atoms with van der Waals surface area (Å²) in [6.45, 7) is 3.62. The number of alkyl halides is 6. The molecule has 0 radical (unpaired) electrons. The van der Waals surface area contributed by atoms with Crippen molar-refractivity contribution in [2.24, 2.45) is 7.05 Å². The number of halogens is 6. The van der Waals surface area contributed by atoms with Crippen LogP contribution in [0.4, 0.5) is 26.3 Å². The summed E-state index contributed by atoms with van der Waals surface area (Å²) in [5, 5.41) is 0. The van der Waals surface area contributed by atoms with Gasteiger partial charge in [-0.05, 0) is 0 Å². The van der Waals surface area contributed by atoms with Crippen molar-refractivity contribution in [1.82, 2.24) is 13.7 Å². The quantitative estimate of drug-likeness (QED) is 0.606. The molecule has 0 fully saturated rings. The van der Waals surface area contributed by atoms with Crippen LogP contribution in [0, 0.1) is 0 Å². The van der Waals surface area contributed by atoms with Crippen LogP contribution in [0.3, 0.4) is 0 Å². The van der Waals surface area contributed by atoms with E-state index in [2.05, 4.69) is 11.6 Å². The van der Waals surface area contributed by atoms with E-state index in [9.17, 15) is 43.2 Å². The Labute approximate surface area is 133 Å². The molecule has 1 aromatic heterocycles. The van der Waals surface area contributed by atoms with Crippen molar-refractivity contribution in [3.05, 3.63) is 30.9 Å². The summed E-state index contributed by atoms with van der Waals surface area (Å²) < 4.78 is 110. The molecule has 0 aliphatic carbocycles. The maximum atomic E-state index is 11.5. The van der Waals surface area contributed by atoms with E-state index < -0.39 is 35.2 Å². The number of hydrogen-bond acceptors (Lipinski definition) is 5. The van der Waals surface area contributed by atoms with Gasteiger partial charge in [-0.15, -0.1) is 6.58 Å². The normalized spacial score (nSPS) is 13.1. The Bertz CT molecular complexity index is 722. The van der Waals surface area contributed by atoms with Crippen molar-refractivity contribution in [3.63, 3.8) is 0 Å².